The normalized spacial score (nSPS) is 15.3. The molecule has 0 radical (unpaired) electrons. The third-order valence-corrected chi connectivity index (χ3v) is 5.38. The summed E-state index contributed by atoms with van der Waals surface area (Å²) in [7, 11) is 0. The molecule has 1 aliphatic carbocycles. The van der Waals surface area contributed by atoms with Crippen LogP contribution in [0.1, 0.15) is 55.6 Å². The molecule has 6 heteroatoms. The molecule has 0 saturated carbocycles. The van der Waals surface area contributed by atoms with Crippen molar-refractivity contribution in [1.82, 2.24) is 15.1 Å². The average Bonchev–Trinajstić information content (AvgIpc) is 3.33. The van der Waals surface area contributed by atoms with Crippen molar-refractivity contribution in [3.8, 4) is 11.8 Å². The molecule has 1 atom stereocenters. The number of hydrogen-bond acceptors (Lipinski definition) is 3. The highest BCUT2D eigenvalue weighted by Crippen LogP contribution is 2.31. The number of rotatable bonds is 3. The maximum atomic E-state index is 12.8. The number of aromatic nitrogens is 2. The van der Waals surface area contributed by atoms with Crippen LogP contribution in [-0.4, -0.2) is 15.8 Å². The van der Waals surface area contributed by atoms with E-state index in [4.69, 9.17) is 5.10 Å². The lowest BCUT2D eigenvalue weighted by atomic mass is 9.92. The molecule has 2 amide bonds. The first-order chi connectivity index (χ1) is 14.3. The smallest absolute Gasteiger partial charge is 0.320 e. The Hall–Kier alpha value is -3.59. The van der Waals surface area contributed by atoms with Gasteiger partial charge in [-0.1, -0.05) is 51.1 Å². The van der Waals surface area contributed by atoms with Crippen molar-refractivity contribution in [2.45, 2.75) is 45.1 Å². The van der Waals surface area contributed by atoms with Crippen molar-refractivity contribution in [3.63, 3.8) is 0 Å². The number of aryl methyl sites for hydroxylation is 1. The highest BCUT2D eigenvalue weighted by molar-refractivity contribution is 5.89. The molecule has 0 bridgehead atoms. The van der Waals surface area contributed by atoms with Gasteiger partial charge in [0.15, 0.2) is 0 Å². The SMILES string of the molecule is CC(C)(C)c1cc(NC(=O)NC2CCc3ccccc32)n(-c2cccc(C#N)c2)n1. The molecule has 1 unspecified atom stereocenters. The molecular formula is C24H25N5O. The summed E-state index contributed by atoms with van der Waals surface area (Å²) >= 11 is 0. The fourth-order valence-corrected chi connectivity index (χ4v) is 3.76. The van der Waals surface area contributed by atoms with E-state index in [0.717, 1.165) is 24.2 Å². The van der Waals surface area contributed by atoms with E-state index in [1.54, 1.807) is 16.8 Å². The van der Waals surface area contributed by atoms with E-state index in [1.807, 2.05) is 30.3 Å². The highest BCUT2D eigenvalue weighted by Gasteiger charge is 2.25. The largest absolute Gasteiger partial charge is 0.331 e. The van der Waals surface area contributed by atoms with Crippen LogP contribution < -0.4 is 10.6 Å². The van der Waals surface area contributed by atoms with Crippen LogP contribution >= 0.6 is 0 Å². The van der Waals surface area contributed by atoms with Gasteiger partial charge in [0.1, 0.15) is 5.82 Å². The van der Waals surface area contributed by atoms with Crippen LogP contribution in [0.15, 0.2) is 54.6 Å². The number of amides is 2. The first-order valence-electron chi connectivity index (χ1n) is 10.1. The minimum absolute atomic E-state index is 0.00146. The summed E-state index contributed by atoms with van der Waals surface area (Å²) in [5, 5.41) is 20.0. The summed E-state index contributed by atoms with van der Waals surface area (Å²) in [5.41, 5.74) is 4.40. The molecule has 2 N–H and O–H groups in total. The second kappa shape index (κ2) is 7.68. The van der Waals surface area contributed by atoms with Gasteiger partial charge in [0, 0.05) is 11.5 Å². The number of nitrogens with zero attached hydrogens (tertiary/aromatic N) is 3. The zero-order chi connectivity index (χ0) is 21.3. The van der Waals surface area contributed by atoms with Gasteiger partial charge in [-0.2, -0.15) is 10.4 Å². The lowest BCUT2D eigenvalue weighted by Crippen LogP contribution is -2.32. The Bertz CT molecular complexity index is 1130. The van der Waals surface area contributed by atoms with Gasteiger partial charge in [-0.15, -0.1) is 0 Å². The van der Waals surface area contributed by atoms with Gasteiger partial charge in [0.2, 0.25) is 0 Å². The second-order valence-electron chi connectivity index (χ2n) is 8.63. The van der Waals surface area contributed by atoms with Crippen molar-refractivity contribution in [3.05, 3.63) is 77.0 Å². The Labute approximate surface area is 176 Å². The van der Waals surface area contributed by atoms with Gasteiger partial charge in [0.25, 0.3) is 0 Å². The van der Waals surface area contributed by atoms with Crippen LogP contribution in [-0.2, 0) is 11.8 Å². The molecule has 1 aliphatic rings. The summed E-state index contributed by atoms with van der Waals surface area (Å²) < 4.78 is 1.68. The van der Waals surface area contributed by atoms with Crippen LogP contribution in [0.25, 0.3) is 5.69 Å². The third kappa shape index (κ3) is 3.92. The van der Waals surface area contributed by atoms with Gasteiger partial charge < -0.3 is 5.32 Å². The molecule has 1 aromatic heterocycles. The van der Waals surface area contributed by atoms with E-state index in [1.165, 1.54) is 11.1 Å². The first kappa shape index (κ1) is 19.7. The summed E-state index contributed by atoms with van der Waals surface area (Å²) in [5.74, 6) is 0.568. The molecule has 0 saturated heterocycles. The monoisotopic (exact) mass is 399 g/mol. The molecule has 6 nitrogen and oxygen atoms in total. The van der Waals surface area contributed by atoms with Gasteiger partial charge in [-0.05, 0) is 42.2 Å². The van der Waals surface area contributed by atoms with Crippen molar-refractivity contribution < 1.29 is 4.79 Å². The fourth-order valence-electron chi connectivity index (χ4n) is 3.76. The molecule has 30 heavy (non-hydrogen) atoms. The highest BCUT2D eigenvalue weighted by atomic mass is 16.2. The Morgan fingerprint density at radius 2 is 1.97 bits per heavy atom. The zero-order valence-electron chi connectivity index (χ0n) is 17.4. The molecular weight excluding hydrogens is 374 g/mol. The Morgan fingerprint density at radius 1 is 1.17 bits per heavy atom. The van der Waals surface area contributed by atoms with E-state index in [-0.39, 0.29) is 17.5 Å². The Kier molecular flexibility index (Phi) is 5.04. The summed E-state index contributed by atoms with van der Waals surface area (Å²) in [6.45, 7) is 6.22. The van der Waals surface area contributed by atoms with Crippen molar-refractivity contribution in [2.75, 3.05) is 5.32 Å². The quantitative estimate of drug-likeness (QED) is 0.660. The van der Waals surface area contributed by atoms with Crippen LogP contribution in [0, 0.1) is 11.3 Å². The molecule has 0 fully saturated rings. The van der Waals surface area contributed by atoms with Crippen LogP contribution in [0.3, 0.4) is 0 Å². The number of benzene rings is 2. The summed E-state index contributed by atoms with van der Waals surface area (Å²) in [6, 6.07) is 19.2. The maximum Gasteiger partial charge on any atom is 0.320 e. The maximum absolute atomic E-state index is 12.8. The molecule has 2 aromatic carbocycles. The minimum atomic E-state index is -0.269. The molecule has 152 valence electrons. The van der Waals surface area contributed by atoms with Gasteiger partial charge in [0.05, 0.1) is 29.1 Å². The molecule has 0 spiro atoms. The predicted octanol–water partition coefficient (Wildman–Crippen LogP) is 4.85. The summed E-state index contributed by atoms with van der Waals surface area (Å²) in [6.07, 6.45) is 1.86. The number of carbonyl (C=O) groups is 1. The second-order valence-corrected chi connectivity index (χ2v) is 8.63. The van der Waals surface area contributed by atoms with Crippen molar-refractivity contribution >= 4 is 11.8 Å². The van der Waals surface area contributed by atoms with Crippen molar-refractivity contribution in [2.24, 2.45) is 0 Å². The standard InChI is InChI=1S/C24H25N5O/c1-24(2,3)21-14-22(29(28-21)18-9-6-7-16(13-18)15-25)27-23(30)26-20-12-11-17-8-4-5-10-19(17)20/h4-10,13-14,20H,11-12H2,1-3H3,(H2,26,27,30). The van der Waals surface area contributed by atoms with Crippen LogP contribution in [0.2, 0.25) is 0 Å². The van der Waals surface area contributed by atoms with Crippen LogP contribution in [0.4, 0.5) is 10.6 Å². The first-order valence-corrected chi connectivity index (χ1v) is 10.1. The third-order valence-electron chi connectivity index (χ3n) is 5.38. The van der Waals surface area contributed by atoms with E-state index in [0.29, 0.717) is 11.4 Å². The van der Waals surface area contributed by atoms with E-state index in [9.17, 15) is 10.1 Å². The topological polar surface area (TPSA) is 82.7 Å². The number of hydrogen-bond donors (Lipinski definition) is 2. The lowest BCUT2D eigenvalue weighted by molar-refractivity contribution is 0.248. The van der Waals surface area contributed by atoms with Gasteiger partial charge >= 0.3 is 6.03 Å². The Morgan fingerprint density at radius 3 is 2.73 bits per heavy atom. The van der Waals surface area contributed by atoms with Crippen molar-refractivity contribution in [1.29, 1.82) is 5.26 Å². The fraction of sp³-hybridized carbons (Fsp3) is 0.292. The minimum Gasteiger partial charge on any atom is -0.331 e. The summed E-state index contributed by atoms with van der Waals surface area (Å²) in [4.78, 5) is 12.8. The van der Waals surface area contributed by atoms with E-state index >= 15 is 0 Å². The number of nitriles is 1. The number of nitrogens with one attached hydrogen (secondary N) is 2. The predicted molar refractivity (Wildman–Crippen MR) is 117 cm³/mol. The molecule has 3 aromatic rings. The van der Waals surface area contributed by atoms with Crippen LogP contribution in [0.5, 0.6) is 0 Å². The lowest BCUT2D eigenvalue weighted by Gasteiger charge is -2.15. The number of carbonyl (C=O) groups excluding carboxylic acids is 1. The number of urea groups is 1. The molecule has 4 rings (SSSR count). The number of fused-ring (bicyclic) bond motifs is 1. The number of anilines is 1. The van der Waals surface area contributed by atoms with E-state index < -0.39 is 0 Å². The zero-order valence-corrected chi connectivity index (χ0v) is 17.4. The molecule has 0 aliphatic heterocycles. The van der Waals surface area contributed by atoms with Gasteiger partial charge in [-0.3, -0.25) is 5.32 Å². The average molecular weight is 399 g/mol. The molecule has 1 heterocycles. The van der Waals surface area contributed by atoms with Gasteiger partial charge in [-0.25, -0.2) is 9.48 Å². The van der Waals surface area contributed by atoms with E-state index in [2.05, 4.69) is 49.6 Å². The Balaban J connectivity index is 1.61.